The molecule has 1 heterocycles. The molecule has 2 aliphatic rings. The van der Waals surface area contributed by atoms with E-state index in [1.54, 1.807) is 12.1 Å². The average molecular weight is 551 g/mol. The predicted octanol–water partition coefficient (Wildman–Crippen LogP) is 5.06. The van der Waals surface area contributed by atoms with Crippen LogP contribution in [-0.4, -0.2) is 60.3 Å². The molecule has 1 aromatic rings. The molecule has 7 nitrogen and oxygen atoms in total. The van der Waals surface area contributed by atoms with E-state index < -0.39 is 17.7 Å². The summed E-state index contributed by atoms with van der Waals surface area (Å²) in [6, 6.07) is 6.66. The Labute approximate surface area is 232 Å². The van der Waals surface area contributed by atoms with Gasteiger partial charge in [-0.2, -0.15) is 0 Å². The van der Waals surface area contributed by atoms with E-state index in [1.807, 2.05) is 44.9 Å². The molecule has 1 saturated heterocycles. The molecule has 0 radical (unpaired) electrons. The molecule has 1 atom stereocenters. The Morgan fingerprint density at radius 1 is 1.14 bits per heavy atom. The van der Waals surface area contributed by atoms with E-state index in [-0.39, 0.29) is 11.3 Å². The van der Waals surface area contributed by atoms with Crippen molar-refractivity contribution in [3.8, 4) is 0 Å². The van der Waals surface area contributed by atoms with Crippen molar-refractivity contribution in [1.82, 2.24) is 20.9 Å². The van der Waals surface area contributed by atoms with Gasteiger partial charge in [-0.1, -0.05) is 43.0 Å². The summed E-state index contributed by atoms with van der Waals surface area (Å²) in [5.74, 6) is 0.562. The van der Waals surface area contributed by atoms with Crippen LogP contribution in [0, 0.1) is 11.3 Å². The highest BCUT2D eigenvalue weighted by Crippen LogP contribution is 2.45. The van der Waals surface area contributed by atoms with Gasteiger partial charge in [0.05, 0.1) is 0 Å². The number of alkyl carbamates (subject to hydrolysis) is 1. The second-order valence-electron chi connectivity index (χ2n) is 11.5. The Hall–Kier alpha value is -2.06. The number of halogens is 1. The SMILES string of the molecule is CNC(=S)NCC1(C2CCCCC2)CCN(C(=O)[C@@H](Cc2ccc(Cl)cc2)NC(=O)OC(C)(C)C)CC1. The van der Waals surface area contributed by atoms with Crippen molar-refractivity contribution in [1.29, 1.82) is 0 Å². The number of nitrogens with one attached hydrogen (secondary N) is 3. The molecular formula is C28H43ClN4O3S. The monoisotopic (exact) mass is 550 g/mol. The smallest absolute Gasteiger partial charge is 0.408 e. The number of thiocarbonyl (C=S) groups is 1. The van der Waals surface area contributed by atoms with Gasteiger partial charge in [0.2, 0.25) is 5.91 Å². The van der Waals surface area contributed by atoms with Gasteiger partial charge in [0, 0.05) is 38.1 Å². The third-order valence-electron chi connectivity index (χ3n) is 7.71. The molecule has 3 rings (SSSR count). The van der Waals surface area contributed by atoms with Gasteiger partial charge >= 0.3 is 6.09 Å². The molecule has 1 aromatic carbocycles. The molecule has 0 unspecified atom stereocenters. The zero-order valence-electron chi connectivity index (χ0n) is 22.7. The number of piperidine rings is 1. The Morgan fingerprint density at radius 2 is 1.76 bits per heavy atom. The third-order valence-corrected chi connectivity index (χ3v) is 8.31. The minimum absolute atomic E-state index is 0.0724. The van der Waals surface area contributed by atoms with Crippen molar-refractivity contribution < 1.29 is 14.3 Å². The van der Waals surface area contributed by atoms with E-state index in [1.165, 1.54) is 32.1 Å². The number of benzene rings is 1. The molecule has 2 fully saturated rings. The maximum atomic E-state index is 13.8. The molecule has 0 bridgehead atoms. The summed E-state index contributed by atoms with van der Waals surface area (Å²) in [6.07, 6.45) is 7.95. The van der Waals surface area contributed by atoms with Gasteiger partial charge in [0.1, 0.15) is 11.6 Å². The largest absolute Gasteiger partial charge is 0.444 e. The molecule has 9 heteroatoms. The lowest BCUT2D eigenvalue weighted by atomic mass is 9.63. The predicted molar refractivity (Wildman–Crippen MR) is 153 cm³/mol. The van der Waals surface area contributed by atoms with Crippen LogP contribution in [-0.2, 0) is 16.0 Å². The van der Waals surface area contributed by atoms with Gasteiger partial charge in [-0.3, -0.25) is 4.79 Å². The highest BCUT2D eigenvalue weighted by molar-refractivity contribution is 7.80. The van der Waals surface area contributed by atoms with Crippen molar-refractivity contribution in [2.24, 2.45) is 11.3 Å². The Balaban J connectivity index is 1.72. The molecule has 1 saturated carbocycles. The zero-order chi connectivity index (χ0) is 27.1. The molecule has 1 aliphatic carbocycles. The molecule has 0 spiro atoms. The Bertz CT molecular complexity index is 920. The van der Waals surface area contributed by atoms with E-state index >= 15 is 0 Å². The first kappa shape index (κ1) is 29.5. The molecule has 2 amide bonds. The van der Waals surface area contributed by atoms with Crippen molar-refractivity contribution in [2.45, 2.75) is 83.8 Å². The highest BCUT2D eigenvalue weighted by atomic mass is 35.5. The summed E-state index contributed by atoms with van der Waals surface area (Å²) in [5, 5.41) is 10.6. The molecule has 206 valence electrons. The number of likely N-dealkylation sites (tertiary alicyclic amines) is 1. The first-order valence-corrected chi connectivity index (χ1v) is 14.3. The first-order chi connectivity index (χ1) is 17.5. The second kappa shape index (κ2) is 13.1. The number of nitrogens with zero attached hydrogens (tertiary/aromatic N) is 1. The minimum atomic E-state index is -0.715. The molecule has 3 N–H and O–H groups in total. The average Bonchev–Trinajstić information content (AvgIpc) is 2.87. The fourth-order valence-corrected chi connectivity index (χ4v) is 5.89. The quantitative estimate of drug-likeness (QED) is 0.412. The lowest BCUT2D eigenvalue weighted by molar-refractivity contribution is -0.136. The van der Waals surface area contributed by atoms with Crippen LogP contribution < -0.4 is 16.0 Å². The van der Waals surface area contributed by atoms with Gasteiger partial charge in [0.25, 0.3) is 0 Å². The maximum Gasteiger partial charge on any atom is 0.408 e. The van der Waals surface area contributed by atoms with Crippen LogP contribution in [0.1, 0.15) is 71.3 Å². The molecule has 1 aliphatic heterocycles. The molecular weight excluding hydrogens is 508 g/mol. The maximum absolute atomic E-state index is 13.8. The van der Waals surface area contributed by atoms with Crippen LogP contribution in [0.25, 0.3) is 0 Å². The van der Waals surface area contributed by atoms with Crippen molar-refractivity contribution in [3.63, 3.8) is 0 Å². The summed E-state index contributed by atoms with van der Waals surface area (Å²) in [5.41, 5.74) is 0.392. The van der Waals surface area contributed by atoms with Crippen LogP contribution in [0.4, 0.5) is 4.79 Å². The van der Waals surface area contributed by atoms with E-state index in [2.05, 4.69) is 16.0 Å². The fraction of sp³-hybridized carbons (Fsp3) is 0.679. The van der Waals surface area contributed by atoms with E-state index in [9.17, 15) is 9.59 Å². The molecule has 37 heavy (non-hydrogen) atoms. The van der Waals surface area contributed by atoms with Crippen LogP contribution in [0.5, 0.6) is 0 Å². The third kappa shape index (κ3) is 8.74. The minimum Gasteiger partial charge on any atom is -0.444 e. The number of carbonyl (C=O) groups excluding carboxylic acids is 2. The molecule has 0 aromatic heterocycles. The van der Waals surface area contributed by atoms with E-state index in [4.69, 9.17) is 28.6 Å². The standard InChI is InChI=1S/C28H43ClN4O3S/c1-27(2,3)36-26(35)32-23(18-20-10-12-22(29)13-11-20)24(34)33-16-14-28(15-17-33,19-31-25(37)30-4)21-8-6-5-7-9-21/h10-13,21,23H,5-9,14-19H2,1-4H3,(H,32,35)(H2,30,31,37)/t23-/m1/s1. The summed E-state index contributed by atoms with van der Waals surface area (Å²) in [7, 11) is 1.84. The number of carbonyl (C=O) groups is 2. The van der Waals surface area contributed by atoms with Gasteiger partial charge in [-0.15, -0.1) is 0 Å². The van der Waals surface area contributed by atoms with Gasteiger partial charge < -0.3 is 25.6 Å². The zero-order valence-corrected chi connectivity index (χ0v) is 24.3. The first-order valence-electron chi connectivity index (χ1n) is 13.5. The number of hydrogen-bond donors (Lipinski definition) is 3. The van der Waals surface area contributed by atoms with Crippen LogP contribution in [0.15, 0.2) is 24.3 Å². The normalized spacial score (nSPS) is 19.0. The van der Waals surface area contributed by atoms with Crippen LogP contribution in [0.3, 0.4) is 0 Å². The van der Waals surface area contributed by atoms with Crippen molar-refractivity contribution in [3.05, 3.63) is 34.9 Å². The second-order valence-corrected chi connectivity index (χ2v) is 12.3. The van der Waals surface area contributed by atoms with Gasteiger partial charge in [-0.05, 0) is 87.7 Å². The fourth-order valence-electron chi connectivity index (χ4n) is 5.69. The van der Waals surface area contributed by atoms with Crippen molar-refractivity contribution in [2.75, 3.05) is 26.7 Å². The van der Waals surface area contributed by atoms with E-state index in [0.717, 1.165) is 24.9 Å². The number of rotatable bonds is 7. The van der Waals surface area contributed by atoms with Crippen LogP contribution >= 0.6 is 23.8 Å². The topological polar surface area (TPSA) is 82.7 Å². The van der Waals surface area contributed by atoms with Crippen molar-refractivity contribution >= 4 is 40.9 Å². The van der Waals surface area contributed by atoms with Crippen LogP contribution in [0.2, 0.25) is 5.02 Å². The van der Waals surface area contributed by atoms with E-state index in [0.29, 0.717) is 35.6 Å². The number of hydrogen-bond acceptors (Lipinski definition) is 4. The highest BCUT2D eigenvalue weighted by Gasteiger charge is 2.43. The summed E-state index contributed by atoms with van der Waals surface area (Å²) in [6.45, 7) is 7.58. The summed E-state index contributed by atoms with van der Waals surface area (Å²) >= 11 is 11.4. The lowest BCUT2D eigenvalue weighted by Gasteiger charge is -2.48. The lowest BCUT2D eigenvalue weighted by Crippen LogP contribution is -2.56. The number of amides is 2. The van der Waals surface area contributed by atoms with Gasteiger partial charge in [0.15, 0.2) is 5.11 Å². The van der Waals surface area contributed by atoms with Gasteiger partial charge in [-0.25, -0.2) is 4.79 Å². The Kier molecular flexibility index (Phi) is 10.5. The summed E-state index contributed by atoms with van der Waals surface area (Å²) < 4.78 is 5.47. The summed E-state index contributed by atoms with van der Waals surface area (Å²) in [4.78, 5) is 28.3. The number of ether oxygens (including phenoxy) is 1. The Morgan fingerprint density at radius 3 is 2.32 bits per heavy atom.